The van der Waals surface area contributed by atoms with E-state index in [-0.39, 0.29) is 17.9 Å². The second-order valence-corrected chi connectivity index (χ2v) is 6.20. The van der Waals surface area contributed by atoms with E-state index < -0.39 is 5.97 Å². The minimum absolute atomic E-state index is 0.0205. The number of nitrogens with zero attached hydrogens (tertiary/aromatic N) is 2. The van der Waals surface area contributed by atoms with Crippen LogP contribution in [0, 0.1) is 12.8 Å². The average molecular weight is 291 g/mol. The van der Waals surface area contributed by atoms with E-state index in [1.54, 1.807) is 6.20 Å². The second kappa shape index (κ2) is 5.50. The molecule has 2 fully saturated rings. The standard InChI is InChI=1S/C15H21N3O3/c1-9-13(8-16-18(9)12-4-2-3-5-12)14(19)17-11-6-10(7-11)15(20)21/h8,10-12H,2-7H2,1H3,(H,17,19)(H,20,21). The Hall–Kier alpha value is -1.85. The first-order valence-corrected chi connectivity index (χ1v) is 7.64. The molecule has 0 atom stereocenters. The van der Waals surface area contributed by atoms with E-state index in [0.29, 0.717) is 24.4 Å². The molecule has 6 heteroatoms. The van der Waals surface area contributed by atoms with Gasteiger partial charge in [0, 0.05) is 11.7 Å². The Morgan fingerprint density at radius 3 is 2.62 bits per heavy atom. The van der Waals surface area contributed by atoms with Crippen molar-refractivity contribution in [2.45, 2.75) is 57.5 Å². The van der Waals surface area contributed by atoms with Gasteiger partial charge in [-0.3, -0.25) is 14.3 Å². The lowest BCUT2D eigenvalue weighted by atomic mass is 9.80. The van der Waals surface area contributed by atoms with Crippen molar-refractivity contribution < 1.29 is 14.7 Å². The number of hydrogen-bond donors (Lipinski definition) is 2. The number of amides is 1. The van der Waals surface area contributed by atoms with Gasteiger partial charge in [-0.15, -0.1) is 0 Å². The van der Waals surface area contributed by atoms with Crippen LogP contribution in [0.25, 0.3) is 0 Å². The van der Waals surface area contributed by atoms with Crippen molar-refractivity contribution in [3.63, 3.8) is 0 Å². The van der Waals surface area contributed by atoms with Crippen LogP contribution in [0.4, 0.5) is 0 Å². The number of carbonyl (C=O) groups excluding carboxylic acids is 1. The Labute approximate surface area is 123 Å². The summed E-state index contributed by atoms with van der Waals surface area (Å²) in [6.45, 7) is 1.93. The minimum atomic E-state index is -0.772. The van der Waals surface area contributed by atoms with Crippen molar-refractivity contribution in [3.8, 4) is 0 Å². The maximum absolute atomic E-state index is 12.3. The van der Waals surface area contributed by atoms with E-state index in [0.717, 1.165) is 18.5 Å². The van der Waals surface area contributed by atoms with Gasteiger partial charge in [0.15, 0.2) is 0 Å². The summed E-state index contributed by atoms with van der Waals surface area (Å²) in [5.74, 6) is -1.21. The van der Waals surface area contributed by atoms with Crippen LogP contribution in [0.3, 0.4) is 0 Å². The highest BCUT2D eigenvalue weighted by atomic mass is 16.4. The molecule has 114 valence electrons. The van der Waals surface area contributed by atoms with E-state index in [1.165, 1.54) is 12.8 Å². The monoisotopic (exact) mass is 291 g/mol. The van der Waals surface area contributed by atoms with Crippen molar-refractivity contribution in [1.29, 1.82) is 0 Å². The first kappa shape index (κ1) is 14.1. The summed E-state index contributed by atoms with van der Waals surface area (Å²) >= 11 is 0. The van der Waals surface area contributed by atoms with E-state index >= 15 is 0 Å². The minimum Gasteiger partial charge on any atom is -0.481 e. The quantitative estimate of drug-likeness (QED) is 0.887. The lowest BCUT2D eigenvalue weighted by Crippen LogP contribution is -2.46. The predicted octanol–water partition coefficient (Wildman–Crippen LogP) is 1.90. The Kier molecular flexibility index (Phi) is 3.69. The molecule has 0 aromatic carbocycles. The molecule has 0 bridgehead atoms. The van der Waals surface area contributed by atoms with Crippen LogP contribution in [-0.2, 0) is 4.79 Å². The smallest absolute Gasteiger partial charge is 0.306 e. The van der Waals surface area contributed by atoms with Crippen molar-refractivity contribution >= 4 is 11.9 Å². The molecule has 2 aliphatic carbocycles. The molecule has 2 N–H and O–H groups in total. The van der Waals surface area contributed by atoms with Gasteiger partial charge < -0.3 is 10.4 Å². The predicted molar refractivity (Wildman–Crippen MR) is 76.1 cm³/mol. The molecule has 21 heavy (non-hydrogen) atoms. The summed E-state index contributed by atoms with van der Waals surface area (Å²) in [6.07, 6.45) is 7.40. The molecule has 0 radical (unpaired) electrons. The van der Waals surface area contributed by atoms with Crippen LogP contribution in [0.5, 0.6) is 0 Å². The largest absolute Gasteiger partial charge is 0.481 e. The van der Waals surface area contributed by atoms with Gasteiger partial charge in [-0.05, 0) is 32.6 Å². The van der Waals surface area contributed by atoms with Gasteiger partial charge in [0.05, 0.1) is 23.7 Å². The summed E-state index contributed by atoms with van der Waals surface area (Å²) in [5.41, 5.74) is 1.52. The van der Waals surface area contributed by atoms with Crippen molar-refractivity contribution in [2.24, 2.45) is 5.92 Å². The van der Waals surface area contributed by atoms with Gasteiger partial charge in [-0.1, -0.05) is 12.8 Å². The van der Waals surface area contributed by atoms with Crippen LogP contribution >= 0.6 is 0 Å². The lowest BCUT2D eigenvalue weighted by Gasteiger charge is -2.32. The second-order valence-electron chi connectivity index (χ2n) is 6.20. The first-order valence-electron chi connectivity index (χ1n) is 7.64. The van der Waals surface area contributed by atoms with Gasteiger partial charge >= 0.3 is 5.97 Å². The van der Waals surface area contributed by atoms with Gasteiger partial charge in [0.1, 0.15) is 0 Å². The van der Waals surface area contributed by atoms with Crippen molar-refractivity contribution in [3.05, 3.63) is 17.5 Å². The van der Waals surface area contributed by atoms with E-state index in [2.05, 4.69) is 10.4 Å². The zero-order valence-electron chi connectivity index (χ0n) is 12.2. The van der Waals surface area contributed by atoms with E-state index in [9.17, 15) is 9.59 Å². The number of aromatic nitrogens is 2. The Bertz CT molecular complexity index is 555. The molecule has 2 aliphatic rings. The van der Waals surface area contributed by atoms with Gasteiger partial charge in [-0.2, -0.15) is 5.10 Å². The topological polar surface area (TPSA) is 84.2 Å². The first-order chi connectivity index (χ1) is 10.1. The summed E-state index contributed by atoms with van der Waals surface area (Å²) in [6, 6.07) is 0.402. The van der Waals surface area contributed by atoms with Gasteiger partial charge in [-0.25, -0.2) is 0 Å². The van der Waals surface area contributed by atoms with Gasteiger partial charge in [0.25, 0.3) is 5.91 Å². The molecular formula is C15H21N3O3. The van der Waals surface area contributed by atoms with E-state index in [4.69, 9.17) is 5.11 Å². The molecule has 3 rings (SSSR count). The third kappa shape index (κ3) is 2.66. The number of hydrogen-bond acceptors (Lipinski definition) is 3. The van der Waals surface area contributed by atoms with Gasteiger partial charge in [0.2, 0.25) is 0 Å². The number of rotatable bonds is 4. The summed E-state index contributed by atoms with van der Waals surface area (Å²) in [4.78, 5) is 23.0. The number of carboxylic acid groups (broad SMARTS) is 1. The fourth-order valence-electron chi connectivity index (χ4n) is 3.36. The number of nitrogens with one attached hydrogen (secondary N) is 1. The third-order valence-corrected chi connectivity index (χ3v) is 4.78. The molecule has 1 heterocycles. The number of carboxylic acids is 1. The van der Waals surface area contributed by atoms with Crippen LogP contribution in [-0.4, -0.2) is 32.8 Å². The summed E-state index contributed by atoms with van der Waals surface area (Å²) in [7, 11) is 0. The molecule has 6 nitrogen and oxygen atoms in total. The van der Waals surface area contributed by atoms with Crippen LogP contribution in [0.15, 0.2) is 6.20 Å². The number of carbonyl (C=O) groups is 2. The highest BCUT2D eigenvalue weighted by Gasteiger charge is 2.35. The highest BCUT2D eigenvalue weighted by molar-refractivity contribution is 5.95. The highest BCUT2D eigenvalue weighted by Crippen LogP contribution is 2.31. The average Bonchev–Trinajstić information content (AvgIpc) is 3.01. The van der Waals surface area contributed by atoms with Crippen molar-refractivity contribution in [2.75, 3.05) is 0 Å². The van der Waals surface area contributed by atoms with Crippen molar-refractivity contribution in [1.82, 2.24) is 15.1 Å². The van der Waals surface area contributed by atoms with E-state index in [1.807, 2.05) is 11.6 Å². The molecule has 0 saturated heterocycles. The molecule has 0 aliphatic heterocycles. The molecule has 0 unspecified atom stereocenters. The fourth-order valence-corrected chi connectivity index (χ4v) is 3.36. The normalized spacial score (nSPS) is 25.6. The SMILES string of the molecule is Cc1c(C(=O)NC2CC(C(=O)O)C2)cnn1C1CCCC1. The molecule has 1 aromatic rings. The zero-order valence-corrected chi connectivity index (χ0v) is 12.2. The third-order valence-electron chi connectivity index (χ3n) is 4.78. The maximum Gasteiger partial charge on any atom is 0.306 e. The van der Waals surface area contributed by atoms with Crippen LogP contribution in [0.1, 0.15) is 60.6 Å². The lowest BCUT2D eigenvalue weighted by molar-refractivity contribution is -0.145. The fraction of sp³-hybridized carbons (Fsp3) is 0.667. The molecule has 0 spiro atoms. The van der Waals surface area contributed by atoms with Crippen LogP contribution in [0.2, 0.25) is 0 Å². The summed E-state index contributed by atoms with van der Waals surface area (Å²) < 4.78 is 1.97. The molecule has 1 aromatic heterocycles. The Morgan fingerprint density at radius 2 is 2.00 bits per heavy atom. The number of aliphatic carboxylic acids is 1. The Balaban J connectivity index is 1.62. The zero-order chi connectivity index (χ0) is 15.0. The van der Waals surface area contributed by atoms with Crippen LogP contribution < -0.4 is 5.32 Å². The molecule has 1 amide bonds. The summed E-state index contributed by atoms with van der Waals surface area (Å²) in [5, 5.41) is 16.1. The molecular weight excluding hydrogens is 270 g/mol. The maximum atomic E-state index is 12.3. The Morgan fingerprint density at radius 1 is 1.33 bits per heavy atom. The molecule has 2 saturated carbocycles.